The number of aromatic hydroxyl groups is 1. The van der Waals surface area contributed by atoms with Crippen molar-refractivity contribution in [1.82, 2.24) is 9.88 Å². The standard InChI is InChI=1S/C14H18N2O2/c1-10(16-4-6-18-7-5-16)11-2-3-13-12(8-11)9-14(17)15-13/h2-3,8-10,15,17H,4-7H2,1H3. The Balaban J connectivity index is 1.88. The van der Waals surface area contributed by atoms with Crippen molar-refractivity contribution in [1.29, 1.82) is 0 Å². The highest BCUT2D eigenvalue weighted by Crippen LogP contribution is 2.26. The van der Waals surface area contributed by atoms with E-state index in [1.54, 1.807) is 6.07 Å². The largest absolute Gasteiger partial charge is 0.495 e. The Kier molecular flexibility index (Phi) is 2.97. The summed E-state index contributed by atoms with van der Waals surface area (Å²) in [6, 6.07) is 8.45. The van der Waals surface area contributed by atoms with Crippen LogP contribution in [-0.4, -0.2) is 41.3 Å². The fourth-order valence-electron chi connectivity index (χ4n) is 2.57. The van der Waals surface area contributed by atoms with Crippen LogP contribution >= 0.6 is 0 Å². The van der Waals surface area contributed by atoms with Gasteiger partial charge in [-0.2, -0.15) is 0 Å². The second-order valence-corrected chi connectivity index (χ2v) is 4.83. The van der Waals surface area contributed by atoms with Gasteiger partial charge in [-0.25, -0.2) is 0 Å². The Morgan fingerprint density at radius 2 is 2.06 bits per heavy atom. The molecule has 0 aliphatic carbocycles. The fraction of sp³-hybridized carbons (Fsp3) is 0.429. The number of H-pyrrole nitrogens is 1. The van der Waals surface area contributed by atoms with Crippen molar-refractivity contribution in [2.75, 3.05) is 26.3 Å². The summed E-state index contributed by atoms with van der Waals surface area (Å²) in [5.74, 6) is 0.223. The van der Waals surface area contributed by atoms with E-state index in [9.17, 15) is 5.11 Å². The summed E-state index contributed by atoms with van der Waals surface area (Å²) >= 11 is 0. The minimum absolute atomic E-state index is 0.223. The van der Waals surface area contributed by atoms with Gasteiger partial charge in [0.2, 0.25) is 0 Å². The number of nitrogens with zero attached hydrogens (tertiary/aromatic N) is 1. The zero-order valence-corrected chi connectivity index (χ0v) is 10.5. The molecule has 1 aromatic carbocycles. The average Bonchev–Trinajstić information content (AvgIpc) is 2.78. The third-order valence-electron chi connectivity index (χ3n) is 3.71. The molecule has 1 saturated heterocycles. The maximum absolute atomic E-state index is 9.45. The zero-order chi connectivity index (χ0) is 12.5. The lowest BCUT2D eigenvalue weighted by atomic mass is 10.0. The van der Waals surface area contributed by atoms with Crippen molar-refractivity contribution >= 4 is 10.9 Å². The van der Waals surface area contributed by atoms with Gasteiger partial charge < -0.3 is 14.8 Å². The molecule has 0 bridgehead atoms. The van der Waals surface area contributed by atoms with Gasteiger partial charge in [0, 0.05) is 36.1 Å². The average molecular weight is 246 g/mol. The number of aromatic amines is 1. The Bertz CT molecular complexity index is 544. The van der Waals surface area contributed by atoms with E-state index in [4.69, 9.17) is 4.74 Å². The summed E-state index contributed by atoms with van der Waals surface area (Å²) in [6.07, 6.45) is 0. The summed E-state index contributed by atoms with van der Waals surface area (Å²) in [6.45, 7) is 5.82. The van der Waals surface area contributed by atoms with E-state index in [1.807, 2.05) is 6.07 Å². The van der Waals surface area contributed by atoms with E-state index in [2.05, 4.69) is 28.9 Å². The molecule has 0 radical (unpaired) electrons. The van der Waals surface area contributed by atoms with E-state index < -0.39 is 0 Å². The van der Waals surface area contributed by atoms with Gasteiger partial charge in [-0.15, -0.1) is 0 Å². The minimum Gasteiger partial charge on any atom is -0.495 e. The summed E-state index contributed by atoms with van der Waals surface area (Å²) in [7, 11) is 0. The molecule has 1 aliphatic rings. The molecule has 0 spiro atoms. The number of ether oxygens (including phenoxy) is 1. The van der Waals surface area contributed by atoms with Gasteiger partial charge in [-0.3, -0.25) is 4.90 Å². The number of fused-ring (bicyclic) bond motifs is 1. The van der Waals surface area contributed by atoms with Crippen LogP contribution < -0.4 is 0 Å². The highest BCUT2D eigenvalue weighted by molar-refractivity contribution is 5.82. The molecule has 1 aliphatic heterocycles. The molecule has 2 N–H and O–H groups in total. The Morgan fingerprint density at radius 3 is 2.83 bits per heavy atom. The van der Waals surface area contributed by atoms with Crippen LogP contribution in [0.5, 0.6) is 5.88 Å². The molecule has 18 heavy (non-hydrogen) atoms. The molecular formula is C14H18N2O2. The third kappa shape index (κ3) is 2.09. The Morgan fingerprint density at radius 1 is 1.28 bits per heavy atom. The van der Waals surface area contributed by atoms with Crippen molar-refractivity contribution in [3.8, 4) is 5.88 Å². The highest BCUT2D eigenvalue weighted by Gasteiger charge is 2.18. The SMILES string of the molecule is CC(c1ccc2[nH]c(O)cc2c1)N1CCOCC1. The monoisotopic (exact) mass is 246 g/mol. The zero-order valence-electron chi connectivity index (χ0n) is 10.5. The van der Waals surface area contributed by atoms with E-state index in [0.29, 0.717) is 6.04 Å². The Hall–Kier alpha value is -1.52. The molecule has 4 nitrogen and oxygen atoms in total. The second kappa shape index (κ2) is 4.63. The molecule has 1 fully saturated rings. The predicted molar refractivity (Wildman–Crippen MR) is 70.8 cm³/mol. The van der Waals surface area contributed by atoms with Crippen LogP contribution in [0.4, 0.5) is 0 Å². The van der Waals surface area contributed by atoms with Crippen LogP contribution in [0.15, 0.2) is 24.3 Å². The molecule has 0 amide bonds. The molecule has 4 heteroatoms. The predicted octanol–water partition coefficient (Wildman–Crippen LogP) is 2.27. The van der Waals surface area contributed by atoms with Gasteiger partial charge >= 0.3 is 0 Å². The maximum atomic E-state index is 9.45. The summed E-state index contributed by atoms with van der Waals surface area (Å²) in [4.78, 5) is 5.35. The van der Waals surface area contributed by atoms with Crippen LogP contribution in [0, 0.1) is 0 Å². The molecule has 1 unspecified atom stereocenters. The molecule has 1 aromatic heterocycles. The Labute approximate surface area is 106 Å². The first-order valence-electron chi connectivity index (χ1n) is 6.37. The van der Waals surface area contributed by atoms with Gasteiger partial charge in [0.15, 0.2) is 5.88 Å². The lowest BCUT2D eigenvalue weighted by Gasteiger charge is -2.32. The maximum Gasteiger partial charge on any atom is 0.189 e. The van der Waals surface area contributed by atoms with Crippen molar-refractivity contribution in [2.24, 2.45) is 0 Å². The lowest BCUT2D eigenvalue weighted by molar-refractivity contribution is 0.0199. The fourth-order valence-corrected chi connectivity index (χ4v) is 2.57. The second-order valence-electron chi connectivity index (χ2n) is 4.83. The number of hydrogen-bond donors (Lipinski definition) is 2. The molecule has 3 rings (SSSR count). The minimum atomic E-state index is 0.223. The van der Waals surface area contributed by atoms with E-state index in [0.717, 1.165) is 37.2 Å². The van der Waals surface area contributed by atoms with Crippen LogP contribution in [0.25, 0.3) is 10.9 Å². The van der Waals surface area contributed by atoms with Crippen LogP contribution in [0.3, 0.4) is 0 Å². The van der Waals surface area contributed by atoms with Gasteiger partial charge in [0.1, 0.15) is 0 Å². The number of aromatic nitrogens is 1. The van der Waals surface area contributed by atoms with E-state index in [1.165, 1.54) is 5.56 Å². The molecule has 0 saturated carbocycles. The summed E-state index contributed by atoms with van der Waals surface area (Å²) in [5.41, 5.74) is 2.26. The van der Waals surface area contributed by atoms with Crippen LogP contribution in [-0.2, 0) is 4.74 Å². The van der Waals surface area contributed by atoms with Gasteiger partial charge in [0.25, 0.3) is 0 Å². The normalized spacial score (nSPS) is 19.2. The third-order valence-corrected chi connectivity index (χ3v) is 3.71. The van der Waals surface area contributed by atoms with Crippen molar-refractivity contribution in [2.45, 2.75) is 13.0 Å². The van der Waals surface area contributed by atoms with Crippen molar-refractivity contribution < 1.29 is 9.84 Å². The van der Waals surface area contributed by atoms with Crippen LogP contribution in [0.2, 0.25) is 0 Å². The summed E-state index contributed by atoms with van der Waals surface area (Å²) < 4.78 is 5.38. The number of rotatable bonds is 2. The number of nitrogens with one attached hydrogen (secondary N) is 1. The first-order chi connectivity index (χ1) is 8.74. The first-order valence-corrected chi connectivity index (χ1v) is 6.37. The number of benzene rings is 1. The molecular weight excluding hydrogens is 228 g/mol. The molecule has 2 aromatic rings. The van der Waals surface area contributed by atoms with E-state index >= 15 is 0 Å². The molecule has 1 atom stereocenters. The lowest BCUT2D eigenvalue weighted by Crippen LogP contribution is -2.37. The van der Waals surface area contributed by atoms with Crippen molar-refractivity contribution in [3.05, 3.63) is 29.8 Å². The summed E-state index contributed by atoms with van der Waals surface area (Å²) in [5, 5.41) is 10.5. The first kappa shape index (κ1) is 11.6. The number of hydrogen-bond acceptors (Lipinski definition) is 3. The smallest absolute Gasteiger partial charge is 0.189 e. The van der Waals surface area contributed by atoms with Crippen LogP contribution in [0.1, 0.15) is 18.5 Å². The van der Waals surface area contributed by atoms with E-state index in [-0.39, 0.29) is 5.88 Å². The molecule has 96 valence electrons. The number of morpholine rings is 1. The van der Waals surface area contributed by atoms with Gasteiger partial charge in [-0.1, -0.05) is 6.07 Å². The molecule has 2 heterocycles. The van der Waals surface area contributed by atoms with Gasteiger partial charge in [-0.05, 0) is 24.6 Å². The topological polar surface area (TPSA) is 48.5 Å². The van der Waals surface area contributed by atoms with Crippen molar-refractivity contribution in [3.63, 3.8) is 0 Å². The quantitative estimate of drug-likeness (QED) is 0.854. The highest BCUT2D eigenvalue weighted by atomic mass is 16.5. The van der Waals surface area contributed by atoms with Gasteiger partial charge in [0.05, 0.1) is 13.2 Å².